The number of methoxy groups -OCH3 is 1. The molecule has 7 nitrogen and oxygen atoms in total. The molecule has 1 heterocycles. The van der Waals surface area contributed by atoms with Crippen LogP contribution in [0.3, 0.4) is 0 Å². The molecule has 0 spiro atoms. The number of hydrogen-bond acceptors (Lipinski definition) is 7. The van der Waals surface area contributed by atoms with Crippen LogP contribution >= 0.6 is 11.8 Å². The van der Waals surface area contributed by atoms with Gasteiger partial charge in [0.25, 0.3) is 5.91 Å². The van der Waals surface area contributed by atoms with Gasteiger partial charge < -0.3 is 10.5 Å². The SMILES string of the molecule is COc1cccc(N2C(=O)/C(=C\c3ccc(C(C)C)cc3)N=C2SCC(=O)/C(C#N)=C(\C)N)c1. The first-order valence-electron chi connectivity index (χ1n) is 10.7. The van der Waals surface area contributed by atoms with Crippen molar-refractivity contribution in [3.8, 4) is 11.8 Å². The maximum absolute atomic E-state index is 13.4. The quantitative estimate of drug-likeness (QED) is 0.463. The van der Waals surface area contributed by atoms with Gasteiger partial charge in [0.1, 0.15) is 23.1 Å². The van der Waals surface area contributed by atoms with E-state index in [0.717, 1.165) is 17.3 Å². The molecule has 34 heavy (non-hydrogen) atoms. The molecule has 0 atom stereocenters. The number of rotatable bonds is 7. The second kappa shape index (κ2) is 10.9. The van der Waals surface area contributed by atoms with Crippen LogP contribution in [0.25, 0.3) is 6.08 Å². The lowest BCUT2D eigenvalue weighted by molar-refractivity contribution is -0.114. The van der Waals surface area contributed by atoms with E-state index in [4.69, 9.17) is 10.5 Å². The van der Waals surface area contributed by atoms with Crippen LogP contribution in [0.15, 0.2) is 70.5 Å². The number of amidine groups is 1. The van der Waals surface area contributed by atoms with Gasteiger partial charge in [-0.2, -0.15) is 5.26 Å². The van der Waals surface area contributed by atoms with Crippen LogP contribution in [0.4, 0.5) is 5.69 Å². The molecule has 0 saturated carbocycles. The summed E-state index contributed by atoms with van der Waals surface area (Å²) in [4.78, 5) is 31.8. The third-order valence-corrected chi connectivity index (χ3v) is 6.10. The van der Waals surface area contributed by atoms with E-state index >= 15 is 0 Å². The highest BCUT2D eigenvalue weighted by atomic mass is 32.2. The Kier molecular flexibility index (Phi) is 7.92. The largest absolute Gasteiger partial charge is 0.497 e. The molecule has 2 aromatic carbocycles. The molecule has 8 heteroatoms. The number of nitriles is 1. The first kappa shape index (κ1) is 24.8. The summed E-state index contributed by atoms with van der Waals surface area (Å²) in [6.45, 7) is 5.74. The zero-order valence-electron chi connectivity index (χ0n) is 19.5. The Morgan fingerprint density at radius 3 is 2.56 bits per heavy atom. The lowest BCUT2D eigenvalue weighted by atomic mass is 10.0. The molecule has 0 aromatic heterocycles. The maximum Gasteiger partial charge on any atom is 0.283 e. The van der Waals surface area contributed by atoms with E-state index in [1.54, 1.807) is 37.5 Å². The molecule has 3 rings (SSSR count). The number of aliphatic imine (C=N–C) groups is 1. The molecule has 1 aliphatic rings. The van der Waals surface area contributed by atoms with Crippen molar-refractivity contribution in [3.63, 3.8) is 0 Å². The van der Waals surface area contributed by atoms with Crippen LogP contribution in [0, 0.1) is 11.3 Å². The van der Waals surface area contributed by atoms with Crippen molar-refractivity contribution in [3.05, 3.63) is 76.6 Å². The van der Waals surface area contributed by atoms with Crippen molar-refractivity contribution in [1.82, 2.24) is 0 Å². The third-order valence-electron chi connectivity index (χ3n) is 5.16. The van der Waals surface area contributed by atoms with E-state index in [1.807, 2.05) is 30.3 Å². The average Bonchev–Trinajstić information content (AvgIpc) is 3.13. The maximum atomic E-state index is 13.4. The number of ketones is 1. The third kappa shape index (κ3) is 5.56. The number of hydrogen-bond donors (Lipinski definition) is 1. The molecule has 2 aromatic rings. The van der Waals surface area contributed by atoms with E-state index in [2.05, 4.69) is 18.8 Å². The number of carbonyl (C=O) groups excluding carboxylic acids is 2. The van der Waals surface area contributed by atoms with E-state index < -0.39 is 5.78 Å². The molecule has 0 bridgehead atoms. The Hall–Kier alpha value is -3.83. The zero-order valence-corrected chi connectivity index (χ0v) is 20.3. The summed E-state index contributed by atoms with van der Waals surface area (Å²) in [5.41, 5.74) is 8.58. The number of benzene rings is 2. The normalized spacial score (nSPS) is 15.3. The van der Waals surface area contributed by atoms with E-state index in [0.29, 0.717) is 22.5 Å². The lowest BCUT2D eigenvalue weighted by Crippen LogP contribution is -2.31. The molecule has 0 fully saturated rings. The number of thioether (sulfide) groups is 1. The molecular formula is C26H26N4O3S. The van der Waals surface area contributed by atoms with Crippen molar-refractivity contribution in [2.45, 2.75) is 26.7 Å². The van der Waals surface area contributed by atoms with Crippen LogP contribution in [0.1, 0.15) is 37.8 Å². The summed E-state index contributed by atoms with van der Waals surface area (Å²) >= 11 is 1.08. The highest BCUT2D eigenvalue weighted by Gasteiger charge is 2.33. The Morgan fingerprint density at radius 1 is 1.26 bits per heavy atom. The molecule has 0 unspecified atom stereocenters. The molecule has 0 radical (unpaired) electrons. The van der Waals surface area contributed by atoms with Gasteiger partial charge in [-0.1, -0.05) is 55.9 Å². The van der Waals surface area contributed by atoms with Crippen LogP contribution in [0.5, 0.6) is 5.75 Å². The van der Waals surface area contributed by atoms with Gasteiger partial charge in [0.05, 0.1) is 18.6 Å². The first-order chi connectivity index (χ1) is 16.2. The predicted octanol–water partition coefficient (Wildman–Crippen LogP) is 4.62. The van der Waals surface area contributed by atoms with Crippen molar-refractivity contribution < 1.29 is 14.3 Å². The summed E-state index contributed by atoms with van der Waals surface area (Å²) in [6.07, 6.45) is 1.72. The van der Waals surface area contributed by atoms with Gasteiger partial charge in [-0.05, 0) is 42.2 Å². The number of nitrogens with two attached hydrogens (primary N) is 1. The average molecular weight is 475 g/mol. The topological polar surface area (TPSA) is 109 Å². The van der Waals surface area contributed by atoms with Gasteiger partial charge in [-0.3, -0.25) is 14.5 Å². The number of ether oxygens (including phenoxy) is 1. The Morgan fingerprint density at radius 2 is 1.97 bits per heavy atom. The highest BCUT2D eigenvalue weighted by molar-refractivity contribution is 8.14. The van der Waals surface area contributed by atoms with Gasteiger partial charge in [-0.25, -0.2) is 4.99 Å². The second-order valence-corrected chi connectivity index (χ2v) is 8.91. The number of Topliss-reactive ketones (excluding diaryl/α,β-unsaturated/α-hetero) is 1. The van der Waals surface area contributed by atoms with Crippen molar-refractivity contribution in [1.29, 1.82) is 5.26 Å². The van der Waals surface area contributed by atoms with Crippen molar-refractivity contribution >= 4 is 40.4 Å². The van der Waals surface area contributed by atoms with Gasteiger partial charge in [-0.15, -0.1) is 0 Å². The number of carbonyl (C=O) groups is 2. The fourth-order valence-electron chi connectivity index (χ4n) is 3.28. The molecule has 1 amide bonds. The van der Waals surface area contributed by atoms with Gasteiger partial charge >= 0.3 is 0 Å². The Labute approximate surface area is 203 Å². The number of anilines is 1. The number of nitrogens with zero attached hydrogens (tertiary/aromatic N) is 3. The summed E-state index contributed by atoms with van der Waals surface area (Å²) < 4.78 is 5.30. The molecule has 174 valence electrons. The fraction of sp³-hybridized carbons (Fsp3) is 0.231. The van der Waals surface area contributed by atoms with Gasteiger partial charge in [0, 0.05) is 11.8 Å². The summed E-state index contributed by atoms with van der Waals surface area (Å²) in [5.74, 6) is 0.167. The summed E-state index contributed by atoms with van der Waals surface area (Å²) in [5, 5.41) is 9.55. The van der Waals surface area contributed by atoms with E-state index in [9.17, 15) is 14.9 Å². The fourth-order valence-corrected chi connectivity index (χ4v) is 4.16. The molecule has 1 aliphatic heterocycles. The zero-order chi connectivity index (χ0) is 24.8. The molecular weight excluding hydrogens is 448 g/mol. The van der Waals surface area contributed by atoms with Crippen LogP contribution in [-0.2, 0) is 9.59 Å². The van der Waals surface area contributed by atoms with E-state index in [-0.39, 0.29) is 28.6 Å². The monoisotopic (exact) mass is 474 g/mol. The van der Waals surface area contributed by atoms with Crippen LogP contribution in [-0.4, -0.2) is 29.7 Å². The minimum Gasteiger partial charge on any atom is -0.497 e. The highest BCUT2D eigenvalue weighted by Crippen LogP contribution is 2.31. The van der Waals surface area contributed by atoms with Crippen LogP contribution in [0.2, 0.25) is 0 Å². The second-order valence-electron chi connectivity index (χ2n) is 7.97. The number of amides is 1. The van der Waals surface area contributed by atoms with Crippen molar-refractivity contribution in [2.75, 3.05) is 17.8 Å². The van der Waals surface area contributed by atoms with E-state index in [1.165, 1.54) is 17.4 Å². The summed E-state index contributed by atoms with van der Waals surface area (Å²) in [7, 11) is 1.55. The smallest absolute Gasteiger partial charge is 0.283 e. The van der Waals surface area contributed by atoms with Gasteiger partial charge in [0.15, 0.2) is 11.0 Å². The van der Waals surface area contributed by atoms with Crippen molar-refractivity contribution in [2.24, 2.45) is 10.7 Å². The standard InChI is InChI=1S/C26H26N4O3S/c1-16(2)19-10-8-18(9-11-19)12-23-25(32)30(20-6-5-7-21(13-20)33-4)26(29-23)34-15-24(31)22(14-27)17(3)28/h5-13,16H,15,28H2,1-4H3/b22-17+,23-12+. The molecule has 0 saturated heterocycles. The molecule has 2 N–H and O–H groups in total. The Balaban J connectivity index is 1.96. The summed E-state index contributed by atoms with van der Waals surface area (Å²) in [6, 6.07) is 16.8. The lowest BCUT2D eigenvalue weighted by Gasteiger charge is -2.18. The minimum atomic E-state index is -0.421. The first-order valence-corrected chi connectivity index (χ1v) is 11.6. The number of allylic oxidation sites excluding steroid dienone is 2. The Bertz CT molecular complexity index is 1230. The van der Waals surface area contributed by atoms with Crippen LogP contribution < -0.4 is 15.4 Å². The van der Waals surface area contributed by atoms with Gasteiger partial charge in [0.2, 0.25) is 0 Å². The minimum absolute atomic E-state index is 0.0830. The predicted molar refractivity (Wildman–Crippen MR) is 136 cm³/mol. The molecule has 0 aliphatic carbocycles.